The number of hydrogen-bond donors (Lipinski definition) is 0. The summed E-state index contributed by atoms with van der Waals surface area (Å²) in [6, 6.07) is 14.5. The van der Waals surface area contributed by atoms with E-state index in [9.17, 15) is 14.2 Å². The summed E-state index contributed by atoms with van der Waals surface area (Å²) in [5, 5.41) is 0.598. The number of carbonyl (C=O) groups is 2. The third-order valence-electron chi connectivity index (χ3n) is 4.48. The zero-order chi connectivity index (χ0) is 21.3. The highest BCUT2D eigenvalue weighted by Crippen LogP contribution is 2.34. The molecule has 3 aromatic carbocycles. The summed E-state index contributed by atoms with van der Waals surface area (Å²) in [7, 11) is -2.54. The number of ketones is 1. The molecular weight excluding hydrogens is 450 g/mol. The van der Waals surface area contributed by atoms with Crippen LogP contribution in [0.5, 0.6) is 0 Å². The van der Waals surface area contributed by atoms with Crippen molar-refractivity contribution < 1.29 is 14.2 Å². The van der Waals surface area contributed by atoms with Crippen molar-refractivity contribution in [2.24, 2.45) is 0 Å². The van der Waals surface area contributed by atoms with Crippen molar-refractivity contribution in [1.29, 1.82) is 0 Å². The molecule has 3 rings (SSSR count). The normalized spacial score (nSPS) is 11.3. The minimum atomic E-state index is -2.54. The van der Waals surface area contributed by atoms with Gasteiger partial charge in [-0.05, 0) is 49.2 Å². The van der Waals surface area contributed by atoms with Gasteiger partial charge in [0.2, 0.25) is 11.1 Å². The molecule has 29 heavy (non-hydrogen) atoms. The molecule has 0 radical (unpaired) electrons. The van der Waals surface area contributed by atoms with Crippen LogP contribution in [-0.4, -0.2) is 11.3 Å². The second kappa shape index (κ2) is 8.77. The van der Waals surface area contributed by atoms with E-state index >= 15 is 0 Å². The fourth-order valence-electron chi connectivity index (χ4n) is 3.10. The maximum Gasteiger partial charge on any atom is 0.459 e. The molecule has 0 aliphatic carbocycles. The Morgan fingerprint density at radius 2 is 1.34 bits per heavy atom. The smallest absolute Gasteiger partial charge is 0.288 e. The van der Waals surface area contributed by atoms with E-state index in [0.29, 0.717) is 10.6 Å². The molecular formula is C22H15Cl3O3P+. The second-order valence-electron chi connectivity index (χ2n) is 6.46. The van der Waals surface area contributed by atoms with E-state index in [1.165, 1.54) is 24.3 Å². The molecule has 0 bridgehead atoms. The van der Waals surface area contributed by atoms with E-state index in [-0.39, 0.29) is 26.5 Å². The number of rotatable bonds is 5. The van der Waals surface area contributed by atoms with Crippen molar-refractivity contribution >= 4 is 59.2 Å². The molecule has 0 aliphatic heterocycles. The summed E-state index contributed by atoms with van der Waals surface area (Å²) in [4.78, 5) is 26.2. The fourth-order valence-corrected chi connectivity index (χ4v) is 5.48. The Bertz CT molecular complexity index is 1130. The zero-order valence-electron chi connectivity index (χ0n) is 15.5. The first-order chi connectivity index (χ1) is 13.7. The van der Waals surface area contributed by atoms with Gasteiger partial charge in [0.15, 0.2) is 0 Å². The predicted molar refractivity (Wildman–Crippen MR) is 119 cm³/mol. The molecule has 0 N–H and O–H groups in total. The Morgan fingerprint density at radius 1 is 0.793 bits per heavy atom. The fraction of sp³-hybridized carbons (Fsp3) is 0.0909. The van der Waals surface area contributed by atoms with Gasteiger partial charge in [-0.2, -0.15) is 0 Å². The minimum Gasteiger partial charge on any atom is -0.288 e. The average Bonchev–Trinajstić information content (AvgIpc) is 2.66. The first-order valence-corrected chi connectivity index (χ1v) is 11.0. The maximum absolute atomic E-state index is 13.2. The lowest BCUT2D eigenvalue weighted by atomic mass is 10.0. The molecule has 0 amide bonds. The largest absolute Gasteiger partial charge is 0.459 e. The van der Waals surface area contributed by atoms with E-state index in [1.54, 1.807) is 38.1 Å². The number of aryl methyl sites for hydroxylation is 2. The van der Waals surface area contributed by atoms with Crippen molar-refractivity contribution in [2.75, 3.05) is 0 Å². The molecule has 3 nitrogen and oxygen atoms in total. The first kappa shape index (κ1) is 21.7. The van der Waals surface area contributed by atoms with Gasteiger partial charge in [-0.25, -0.2) is 4.79 Å². The van der Waals surface area contributed by atoms with Crippen LogP contribution < -0.4 is 5.30 Å². The van der Waals surface area contributed by atoms with Crippen LogP contribution in [0.15, 0.2) is 54.6 Å². The number of carbonyl (C=O) groups excluding carboxylic acids is 2. The van der Waals surface area contributed by atoms with Crippen molar-refractivity contribution in [3.05, 3.63) is 97.5 Å². The second-order valence-corrected chi connectivity index (χ2v) is 9.18. The topological polar surface area (TPSA) is 51.2 Å². The molecule has 0 saturated carbocycles. The zero-order valence-corrected chi connectivity index (χ0v) is 18.7. The highest BCUT2D eigenvalue weighted by atomic mass is 35.5. The quantitative estimate of drug-likeness (QED) is 0.309. The summed E-state index contributed by atoms with van der Waals surface area (Å²) in [6.45, 7) is 3.57. The van der Waals surface area contributed by atoms with Crippen LogP contribution in [0.1, 0.15) is 37.4 Å². The van der Waals surface area contributed by atoms with Crippen molar-refractivity contribution in [3.63, 3.8) is 0 Å². The van der Waals surface area contributed by atoms with E-state index in [4.69, 9.17) is 34.8 Å². The Balaban J connectivity index is 2.10. The monoisotopic (exact) mass is 463 g/mol. The third kappa shape index (κ3) is 4.29. The summed E-state index contributed by atoms with van der Waals surface area (Å²) < 4.78 is 13.2. The van der Waals surface area contributed by atoms with Crippen molar-refractivity contribution in [1.82, 2.24) is 0 Å². The van der Waals surface area contributed by atoms with Gasteiger partial charge in [0.1, 0.15) is 0 Å². The average molecular weight is 465 g/mol. The Kier molecular flexibility index (Phi) is 6.55. The Morgan fingerprint density at radius 3 is 1.93 bits per heavy atom. The van der Waals surface area contributed by atoms with Gasteiger partial charge in [0.05, 0.1) is 26.7 Å². The molecule has 146 valence electrons. The standard InChI is InChI=1S/C22H15Cl3O3P/c1-12-6-5-7-13(2)19(12)22(27)29(28)18-9-4-3-8-15(18)21(26)20-16(24)10-14(23)11-17(20)25/h3-11H,1-2H3/q+1. The van der Waals surface area contributed by atoms with Crippen LogP contribution >= 0.6 is 42.6 Å². The molecule has 0 fully saturated rings. The Hall–Kier alpha value is -2.03. The number of halogens is 3. The van der Waals surface area contributed by atoms with Crippen LogP contribution in [0.2, 0.25) is 15.1 Å². The van der Waals surface area contributed by atoms with Gasteiger partial charge >= 0.3 is 13.3 Å². The molecule has 0 heterocycles. The molecule has 0 aromatic heterocycles. The number of hydrogen-bond acceptors (Lipinski definition) is 3. The lowest BCUT2D eigenvalue weighted by molar-refractivity contribution is 0.103. The van der Waals surface area contributed by atoms with Crippen LogP contribution in [0.3, 0.4) is 0 Å². The third-order valence-corrected chi connectivity index (χ3v) is 6.72. The summed E-state index contributed by atoms with van der Waals surface area (Å²) in [5.41, 5.74) is 1.49. The van der Waals surface area contributed by atoms with Crippen LogP contribution in [0, 0.1) is 13.8 Å². The van der Waals surface area contributed by atoms with Crippen molar-refractivity contribution in [2.45, 2.75) is 13.8 Å². The highest BCUT2D eigenvalue weighted by molar-refractivity contribution is 7.71. The lowest BCUT2D eigenvalue weighted by Crippen LogP contribution is -2.17. The maximum atomic E-state index is 13.2. The Labute approximate surface area is 184 Å². The molecule has 0 aliphatic rings. The van der Waals surface area contributed by atoms with Gasteiger partial charge in [0, 0.05) is 5.02 Å². The predicted octanol–water partition coefficient (Wildman–Crippen LogP) is 6.79. The van der Waals surface area contributed by atoms with Gasteiger partial charge in [0.25, 0.3) is 0 Å². The van der Waals surface area contributed by atoms with Gasteiger partial charge in [-0.15, -0.1) is 0 Å². The summed E-state index contributed by atoms with van der Waals surface area (Å²) in [6.07, 6.45) is 0. The van der Waals surface area contributed by atoms with E-state index in [2.05, 4.69) is 0 Å². The molecule has 0 saturated heterocycles. The molecule has 7 heteroatoms. The van der Waals surface area contributed by atoms with Crippen LogP contribution in [0.4, 0.5) is 0 Å². The lowest BCUT2D eigenvalue weighted by Gasteiger charge is -2.08. The van der Waals surface area contributed by atoms with E-state index < -0.39 is 19.1 Å². The summed E-state index contributed by atoms with van der Waals surface area (Å²) >= 11 is 18.3. The molecule has 0 spiro atoms. The molecule has 1 unspecified atom stereocenters. The molecule has 3 aromatic rings. The SMILES string of the molecule is Cc1cccc(C)c1C(=O)[P+](=O)c1ccccc1C(=O)c1c(Cl)cc(Cl)cc1Cl. The van der Waals surface area contributed by atoms with Crippen molar-refractivity contribution in [3.8, 4) is 0 Å². The molecule has 1 atom stereocenters. The van der Waals surface area contributed by atoms with Gasteiger partial charge in [-0.3, -0.25) is 4.79 Å². The minimum absolute atomic E-state index is 0.0492. The van der Waals surface area contributed by atoms with Crippen LogP contribution in [-0.2, 0) is 4.57 Å². The van der Waals surface area contributed by atoms with E-state index in [0.717, 1.165) is 11.1 Å². The number of benzene rings is 3. The summed E-state index contributed by atoms with van der Waals surface area (Å²) in [5.74, 6) is -0.523. The van der Waals surface area contributed by atoms with E-state index in [1.807, 2.05) is 6.07 Å². The first-order valence-electron chi connectivity index (χ1n) is 8.58. The van der Waals surface area contributed by atoms with Gasteiger partial charge in [-0.1, -0.05) is 69.7 Å². The van der Waals surface area contributed by atoms with Gasteiger partial charge < -0.3 is 0 Å². The van der Waals surface area contributed by atoms with Crippen LogP contribution in [0.25, 0.3) is 0 Å². The highest BCUT2D eigenvalue weighted by Gasteiger charge is 2.38.